The number of carbonyl (C=O) groups is 1. The van der Waals surface area contributed by atoms with Crippen LogP contribution in [0.5, 0.6) is 0 Å². The third kappa shape index (κ3) is 3.06. The highest BCUT2D eigenvalue weighted by molar-refractivity contribution is 6.29. The number of nitrogens with zero attached hydrogens (tertiary/aromatic N) is 1. The lowest BCUT2D eigenvalue weighted by atomic mass is 9.92. The van der Waals surface area contributed by atoms with Gasteiger partial charge in [-0.25, -0.2) is 4.39 Å². The van der Waals surface area contributed by atoms with Gasteiger partial charge < -0.3 is 0 Å². The van der Waals surface area contributed by atoms with Crippen LogP contribution in [0.15, 0.2) is 36.4 Å². The Hall–Kier alpha value is -2.29. The van der Waals surface area contributed by atoms with Crippen molar-refractivity contribution in [1.29, 1.82) is 0 Å². The second kappa shape index (κ2) is 6.62. The number of hydrogen-bond donors (Lipinski definition) is 0. The maximum atomic E-state index is 14.3. The van der Waals surface area contributed by atoms with Gasteiger partial charge >= 0.3 is 18.0 Å². The number of anilines is 1. The molecule has 3 rings (SSSR count). The highest BCUT2D eigenvalue weighted by Crippen LogP contribution is 2.54. The van der Waals surface area contributed by atoms with E-state index in [1.165, 1.54) is 13.0 Å². The summed E-state index contributed by atoms with van der Waals surface area (Å²) in [5.74, 6) is -0.558. The Labute approximate surface area is 165 Å². The second-order valence-electron chi connectivity index (χ2n) is 6.70. The number of amides is 1. The number of halogens is 8. The van der Waals surface area contributed by atoms with E-state index in [0.717, 1.165) is 11.0 Å². The molecule has 1 aliphatic rings. The third-order valence-corrected chi connectivity index (χ3v) is 5.29. The van der Waals surface area contributed by atoms with Crippen molar-refractivity contribution in [2.75, 3.05) is 4.90 Å². The molecule has 29 heavy (non-hydrogen) atoms. The summed E-state index contributed by atoms with van der Waals surface area (Å²) in [5, 5.41) is 0. The molecule has 0 aromatic heterocycles. The fraction of sp³-hybridized carbons (Fsp3) is 0.316. The molecule has 2 aromatic carbocycles. The molecule has 1 unspecified atom stereocenters. The smallest absolute Gasteiger partial charge is 0.287 e. The Morgan fingerprint density at radius 1 is 0.897 bits per heavy atom. The van der Waals surface area contributed by atoms with E-state index in [1.807, 2.05) is 0 Å². The molecule has 1 atom stereocenters. The first-order valence-corrected chi connectivity index (χ1v) is 8.66. The van der Waals surface area contributed by atoms with E-state index >= 15 is 0 Å². The first kappa shape index (κ1) is 21.4. The summed E-state index contributed by atoms with van der Waals surface area (Å²) in [6.07, 6.45) is -12.4. The van der Waals surface area contributed by atoms with Gasteiger partial charge in [-0.05, 0) is 37.1 Å². The molecular formula is C19H13ClF7NO. The minimum atomic E-state index is -6.22. The Morgan fingerprint density at radius 2 is 1.48 bits per heavy atom. The summed E-state index contributed by atoms with van der Waals surface area (Å²) < 4.78 is 92.2. The molecule has 2 aromatic rings. The lowest BCUT2D eigenvalue weighted by molar-refractivity contribution is -0.348. The highest BCUT2D eigenvalue weighted by atomic mass is 35.5. The van der Waals surface area contributed by atoms with Crippen molar-refractivity contribution in [2.24, 2.45) is 0 Å². The summed E-state index contributed by atoms with van der Waals surface area (Å²) in [5.41, 5.74) is -6.88. The third-order valence-electron chi connectivity index (χ3n) is 4.87. The predicted octanol–water partition coefficient (Wildman–Crippen LogP) is 6.49. The summed E-state index contributed by atoms with van der Waals surface area (Å²) in [6.45, 7) is 2.89. The van der Waals surface area contributed by atoms with E-state index in [1.54, 1.807) is 19.1 Å². The minimum absolute atomic E-state index is 0.0129. The molecule has 1 amide bonds. The van der Waals surface area contributed by atoms with Gasteiger partial charge in [0.1, 0.15) is 5.50 Å². The molecule has 0 aliphatic carbocycles. The summed E-state index contributed by atoms with van der Waals surface area (Å²) in [6, 6.07) is 6.50. The first-order valence-electron chi connectivity index (χ1n) is 8.22. The number of fused-ring (bicyclic) bond motifs is 1. The molecule has 0 saturated carbocycles. The van der Waals surface area contributed by atoms with E-state index in [2.05, 4.69) is 0 Å². The number of aryl methyl sites for hydroxylation is 2. The zero-order valence-corrected chi connectivity index (χ0v) is 15.7. The van der Waals surface area contributed by atoms with Gasteiger partial charge in [0.25, 0.3) is 5.91 Å². The van der Waals surface area contributed by atoms with Gasteiger partial charge in [-0.2, -0.15) is 26.3 Å². The lowest BCUT2D eigenvalue weighted by Crippen LogP contribution is -2.50. The summed E-state index contributed by atoms with van der Waals surface area (Å²) >= 11 is 6.36. The molecular weight excluding hydrogens is 427 g/mol. The molecule has 10 heteroatoms. The zero-order chi connectivity index (χ0) is 21.9. The van der Waals surface area contributed by atoms with E-state index in [0.29, 0.717) is 23.3 Å². The number of alkyl halides is 8. The number of rotatable bonds is 2. The van der Waals surface area contributed by atoms with Gasteiger partial charge in [0.15, 0.2) is 0 Å². The topological polar surface area (TPSA) is 20.3 Å². The molecule has 156 valence electrons. The number of carbonyl (C=O) groups excluding carboxylic acids is 1. The van der Waals surface area contributed by atoms with Crippen LogP contribution in [-0.4, -0.2) is 18.3 Å². The van der Waals surface area contributed by atoms with Crippen LogP contribution < -0.4 is 4.90 Å². The maximum absolute atomic E-state index is 14.3. The van der Waals surface area contributed by atoms with Gasteiger partial charge in [0.2, 0.25) is 0 Å². The molecule has 1 aliphatic heterocycles. The average molecular weight is 440 g/mol. The Kier molecular flexibility index (Phi) is 4.89. The van der Waals surface area contributed by atoms with Crippen LogP contribution in [-0.2, 0) is 5.67 Å². The van der Waals surface area contributed by atoms with Crippen molar-refractivity contribution in [3.8, 4) is 0 Å². The van der Waals surface area contributed by atoms with E-state index in [-0.39, 0.29) is 16.8 Å². The fourth-order valence-electron chi connectivity index (χ4n) is 3.40. The van der Waals surface area contributed by atoms with Crippen LogP contribution >= 0.6 is 11.6 Å². The van der Waals surface area contributed by atoms with Crippen molar-refractivity contribution in [1.82, 2.24) is 0 Å². The van der Waals surface area contributed by atoms with Crippen molar-refractivity contribution >= 4 is 23.2 Å². The second-order valence-corrected chi connectivity index (χ2v) is 7.12. The monoisotopic (exact) mass is 439 g/mol. The lowest BCUT2D eigenvalue weighted by Gasteiger charge is -2.31. The fourth-order valence-corrected chi connectivity index (χ4v) is 3.89. The number of hydrogen-bond acceptors (Lipinski definition) is 1. The van der Waals surface area contributed by atoms with Gasteiger partial charge in [0, 0.05) is 22.4 Å². The zero-order valence-electron chi connectivity index (χ0n) is 14.9. The molecule has 0 saturated heterocycles. The quantitative estimate of drug-likeness (QED) is 0.297. The highest BCUT2D eigenvalue weighted by Gasteiger charge is 2.73. The summed E-state index contributed by atoms with van der Waals surface area (Å²) in [4.78, 5) is 13.8. The van der Waals surface area contributed by atoms with Gasteiger partial charge in [-0.3, -0.25) is 9.69 Å². The van der Waals surface area contributed by atoms with Crippen molar-refractivity contribution in [3.05, 3.63) is 64.2 Å². The molecule has 0 spiro atoms. The normalized spacial score (nSPS) is 17.7. The van der Waals surface area contributed by atoms with E-state index in [9.17, 15) is 35.5 Å². The van der Waals surface area contributed by atoms with Crippen LogP contribution in [0, 0.1) is 13.8 Å². The summed E-state index contributed by atoms with van der Waals surface area (Å²) in [7, 11) is 0. The SMILES string of the molecule is Cc1cc(C(F)(C(F)(F)F)C(F)(F)F)ccc1N1C(=O)c2cccc(C)c2C1Cl. The van der Waals surface area contributed by atoms with Crippen molar-refractivity contribution in [2.45, 2.75) is 37.4 Å². The van der Waals surface area contributed by atoms with Crippen LogP contribution in [0.25, 0.3) is 0 Å². The molecule has 2 nitrogen and oxygen atoms in total. The van der Waals surface area contributed by atoms with Crippen molar-refractivity contribution < 1.29 is 35.5 Å². The van der Waals surface area contributed by atoms with Crippen LogP contribution in [0.4, 0.5) is 36.4 Å². The average Bonchev–Trinajstić information content (AvgIpc) is 2.84. The molecule has 0 bridgehead atoms. The van der Waals surface area contributed by atoms with Crippen molar-refractivity contribution in [3.63, 3.8) is 0 Å². The van der Waals surface area contributed by atoms with Gasteiger partial charge in [-0.15, -0.1) is 0 Å². The van der Waals surface area contributed by atoms with Crippen LogP contribution in [0.1, 0.15) is 38.1 Å². The van der Waals surface area contributed by atoms with Crippen LogP contribution in [0.2, 0.25) is 0 Å². The predicted molar refractivity (Wildman–Crippen MR) is 92.7 cm³/mol. The molecule has 0 N–H and O–H groups in total. The largest absolute Gasteiger partial charge is 0.435 e. The first-order chi connectivity index (χ1) is 13.2. The van der Waals surface area contributed by atoms with Gasteiger partial charge in [-0.1, -0.05) is 35.9 Å². The van der Waals surface area contributed by atoms with Crippen LogP contribution in [0.3, 0.4) is 0 Å². The number of benzene rings is 2. The van der Waals surface area contributed by atoms with E-state index < -0.39 is 35.0 Å². The standard InChI is InChI=1S/C19H13ClF7NO/c1-9-4-3-5-12-14(9)15(20)28(16(12)29)13-7-6-11(8-10(13)2)17(21,18(22,23)24)19(25,26)27/h3-8,15H,1-2H3. The molecule has 0 radical (unpaired) electrons. The Balaban J connectivity index is 2.10. The Morgan fingerprint density at radius 3 is 1.97 bits per heavy atom. The Bertz CT molecular complexity index is 969. The maximum Gasteiger partial charge on any atom is 0.435 e. The van der Waals surface area contributed by atoms with E-state index in [4.69, 9.17) is 11.6 Å². The van der Waals surface area contributed by atoms with Gasteiger partial charge in [0.05, 0.1) is 0 Å². The molecule has 0 fully saturated rings. The molecule has 1 heterocycles. The minimum Gasteiger partial charge on any atom is -0.287 e.